The van der Waals surface area contributed by atoms with Crippen LogP contribution >= 0.6 is 23.2 Å². The van der Waals surface area contributed by atoms with Crippen molar-refractivity contribution in [2.24, 2.45) is 0 Å². The van der Waals surface area contributed by atoms with Crippen LogP contribution in [0.3, 0.4) is 0 Å². The fraction of sp³-hybridized carbons (Fsp3) is 0.278. The van der Waals surface area contributed by atoms with E-state index in [-0.39, 0.29) is 32.1 Å². The van der Waals surface area contributed by atoms with Crippen molar-refractivity contribution in [1.29, 1.82) is 0 Å². The molecular formula is C18H21Cl2N3O5S2. The third-order valence-corrected chi connectivity index (χ3v) is 8.30. The van der Waals surface area contributed by atoms with E-state index in [9.17, 15) is 21.6 Å². The molecule has 0 aromatic heterocycles. The molecule has 0 unspecified atom stereocenters. The Morgan fingerprint density at radius 1 is 1.07 bits per heavy atom. The zero-order chi connectivity index (χ0) is 22.7. The van der Waals surface area contributed by atoms with Gasteiger partial charge >= 0.3 is 0 Å². The predicted octanol–water partition coefficient (Wildman–Crippen LogP) is 2.86. The van der Waals surface area contributed by atoms with Gasteiger partial charge in [0.1, 0.15) is 4.90 Å². The lowest BCUT2D eigenvalue weighted by molar-refractivity contribution is -0.116. The zero-order valence-corrected chi connectivity index (χ0v) is 19.6. The highest BCUT2D eigenvalue weighted by Gasteiger charge is 2.28. The van der Waals surface area contributed by atoms with Crippen molar-refractivity contribution >= 4 is 54.8 Å². The molecule has 0 aliphatic rings. The van der Waals surface area contributed by atoms with Crippen LogP contribution in [0.5, 0.6) is 0 Å². The predicted molar refractivity (Wildman–Crippen MR) is 117 cm³/mol. The van der Waals surface area contributed by atoms with Crippen molar-refractivity contribution in [3.8, 4) is 0 Å². The van der Waals surface area contributed by atoms with Crippen LogP contribution < -0.4 is 10.0 Å². The number of rotatable bonds is 8. The van der Waals surface area contributed by atoms with Gasteiger partial charge in [-0.2, -0.15) is 4.31 Å². The number of aryl methyl sites for hydroxylation is 1. The number of nitrogens with zero attached hydrogens (tertiary/aromatic N) is 1. The summed E-state index contributed by atoms with van der Waals surface area (Å²) < 4.78 is 53.0. The van der Waals surface area contributed by atoms with E-state index < -0.39 is 32.5 Å². The number of amides is 1. The molecule has 12 heteroatoms. The molecule has 30 heavy (non-hydrogen) atoms. The molecule has 0 fully saturated rings. The van der Waals surface area contributed by atoms with Gasteiger partial charge in [0.2, 0.25) is 26.0 Å². The van der Waals surface area contributed by atoms with Crippen molar-refractivity contribution in [2.45, 2.75) is 23.6 Å². The molecule has 164 valence electrons. The lowest BCUT2D eigenvalue weighted by atomic mass is 10.2. The molecular weight excluding hydrogens is 473 g/mol. The first-order valence-electron chi connectivity index (χ1n) is 8.71. The average Bonchev–Trinajstić information content (AvgIpc) is 2.69. The van der Waals surface area contributed by atoms with Crippen LogP contribution in [0, 0.1) is 6.92 Å². The number of carbonyl (C=O) groups excluding carboxylic acids is 1. The zero-order valence-electron chi connectivity index (χ0n) is 16.4. The highest BCUT2D eigenvalue weighted by atomic mass is 35.5. The normalized spacial score (nSPS) is 12.2. The van der Waals surface area contributed by atoms with Gasteiger partial charge in [0.05, 0.1) is 16.5 Å². The monoisotopic (exact) mass is 493 g/mol. The van der Waals surface area contributed by atoms with Gasteiger partial charge < -0.3 is 5.32 Å². The lowest BCUT2D eigenvalue weighted by Crippen LogP contribution is -2.38. The largest absolute Gasteiger partial charge is 0.325 e. The molecule has 0 aliphatic heterocycles. The number of anilines is 1. The molecule has 1 amide bonds. The van der Waals surface area contributed by atoms with Gasteiger partial charge in [0, 0.05) is 17.3 Å². The number of nitrogens with one attached hydrogen (secondary N) is 2. The number of sulfonamides is 2. The van der Waals surface area contributed by atoms with Gasteiger partial charge in [-0.05, 0) is 49.9 Å². The van der Waals surface area contributed by atoms with Gasteiger partial charge in [-0.1, -0.05) is 36.2 Å². The minimum Gasteiger partial charge on any atom is -0.325 e. The maximum Gasteiger partial charge on any atom is 0.245 e. The van der Waals surface area contributed by atoms with Crippen molar-refractivity contribution in [3.05, 3.63) is 52.0 Å². The Kier molecular flexibility index (Phi) is 7.89. The van der Waals surface area contributed by atoms with E-state index in [0.717, 1.165) is 4.31 Å². The van der Waals surface area contributed by atoms with Crippen LogP contribution in [0.25, 0.3) is 0 Å². The third kappa shape index (κ3) is 5.51. The maximum absolute atomic E-state index is 12.9. The van der Waals surface area contributed by atoms with E-state index in [2.05, 4.69) is 10.0 Å². The van der Waals surface area contributed by atoms with Gasteiger partial charge in [-0.15, -0.1) is 0 Å². The molecule has 0 bridgehead atoms. The molecule has 2 aromatic rings. The van der Waals surface area contributed by atoms with Gasteiger partial charge in [-0.25, -0.2) is 21.6 Å². The number of hydrogen-bond donors (Lipinski definition) is 2. The molecule has 0 aliphatic carbocycles. The molecule has 0 radical (unpaired) electrons. The topological polar surface area (TPSA) is 113 Å². The smallest absolute Gasteiger partial charge is 0.245 e. The Hall–Kier alpha value is -1.69. The minimum absolute atomic E-state index is 0.00571. The summed E-state index contributed by atoms with van der Waals surface area (Å²) in [6.45, 7) is 2.77. The SMILES string of the molecule is CCN(CC(=O)Nc1cc(S(=O)(=O)NC)ccc1C)S(=O)(=O)c1cc(Cl)ccc1Cl. The summed E-state index contributed by atoms with van der Waals surface area (Å²) in [5.41, 5.74) is 0.868. The van der Waals surface area contributed by atoms with E-state index in [1.165, 1.54) is 37.4 Å². The molecule has 0 saturated carbocycles. The van der Waals surface area contributed by atoms with Crippen molar-refractivity contribution in [3.63, 3.8) is 0 Å². The first kappa shape index (κ1) is 24.6. The molecule has 2 N–H and O–H groups in total. The highest BCUT2D eigenvalue weighted by Crippen LogP contribution is 2.28. The fourth-order valence-electron chi connectivity index (χ4n) is 2.55. The number of carbonyl (C=O) groups is 1. The Bertz CT molecular complexity index is 1170. The van der Waals surface area contributed by atoms with Crippen molar-refractivity contribution < 1.29 is 21.6 Å². The second kappa shape index (κ2) is 9.63. The van der Waals surface area contributed by atoms with Crippen molar-refractivity contribution in [2.75, 3.05) is 25.5 Å². The molecule has 0 heterocycles. The third-order valence-electron chi connectivity index (χ3n) is 4.25. The summed E-state index contributed by atoms with van der Waals surface area (Å²) in [6.07, 6.45) is 0. The number of benzene rings is 2. The summed E-state index contributed by atoms with van der Waals surface area (Å²) in [6, 6.07) is 8.29. The molecule has 0 spiro atoms. The second-order valence-electron chi connectivity index (χ2n) is 6.24. The highest BCUT2D eigenvalue weighted by molar-refractivity contribution is 7.89. The van der Waals surface area contributed by atoms with E-state index in [1.54, 1.807) is 19.9 Å². The summed E-state index contributed by atoms with van der Waals surface area (Å²) >= 11 is 11.9. The van der Waals surface area contributed by atoms with E-state index >= 15 is 0 Å². The van der Waals surface area contributed by atoms with Crippen LogP contribution in [-0.2, 0) is 24.8 Å². The van der Waals surface area contributed by atoms with Crippen LogP contribution in [0.2, 0.25) is 10.0 Å². The first-order chi connectivity index (χ1) is 13.9. The molecule has 0 saturated heterocycles. The number of hydrogen-bond acceptors (Lipinski definition) is 5. The maximum atomic E-state index is 12.9. The Morgan fingerprint density at radius 3 is 2.33 bits per heavy atom. The Morgan fingerprint density at radius 2 is 1.73 bits per heavy atom. The fourth-order valence-corrected chi connectivity index (χ4v) is 5.45. The number of halogens is 2. The quantitative estimate of drug-likeness (QED) is 0.586. The van der Waals surface area contributed by atoms with Gasteiger partial charge in [0.15, 0.2) is 0 Å². The molecule has 0 atom stereocenters. The standard InChI is InChI=1S/C18H21Cl2N3O5S2/c1-4-23(30(27,28)17-9-13(19)6-8-15(17)20)11-18(24)22-16-10-14(7-5-12(16)2)29(25,26)21-3/h5-10,21H,4,11H2,1-3H3,(H,22,24). The molecule has 2 aromatic carbocycles. The van der Waals surface area contributed by atoms with Gasteiger partial charge in [-0.3, -0.25) is 4.79 Å². The lowest BCUT2D eigenvalue weighted by Gasteiger charge is -2.21. The first-order valence-corrected chi connectivity index (χ1v) is 12.4. The summed E-state index contributed by atoms with van der Waals surface area (Å²) in [7, 11) is -6.51. The van der Waals surface area contributed by atoms with E-state index in [0.29, 0.717) is 5.56 Å². The number of likely N-dealkylation sites (N-methyl/N-ethyl adjacent to an activating group) is 1. The van der Waals surface area contributed by atoms with E-state index in [4.69, 9.17) is 23.2 Å². The van der Waals surface area contributed by atoms with Crippen molar-refractivity contribution in [1.82, 2.24) is 9.03 Å². The van der Waals surface area contributed by atoms with Crippen LogP contribution in [-0.4, -0.2) is 47.2 Å². The summed E-state index contributed by atoms with van der Waals surface area (Å²) in [5.74, 6) is -0.638. The molecule has 8 nitrogen and oxygen atoms in total. The summed E-state index contributed by atoms with van der Waals surface area (Å²) in [5, 5.41) is 2.74. The molecule has 2 rings (SSSR count). The Labute approximate surface area is 186 Å². The summed E-state index contributed by atoms with van der Waals surface area (Å²) in [4.78, 5) is 12.3. The van der Waals surface area contributed by atoms with Gasteiger partial charge in [0.25, 0.3) is 0 Å². The average molecular weight is 494 g/mol. The van der Waals surface area contributed by atoms with Crippen LogP contribution in [0.1, 0.15) is 12.5 Å². The van der Waals surface area contributed by atoms with E-state index in [1.807, 2.05) is 0 Å². The Balaban J connectivity index is 2.28. The minimum atomic E-state index is -4.09. The van der Waals surface area contributed by atoms with Crippen LogP contribution in [0.4, 0.5) is 5.69 Å². The second-order valence-corrected chi connectivity index (χ2v) is 10.9. The van der Waals surface area contributed by atoms with Crippen LogP contribution in [0.15, 0.2) is 46.2 Å².